The van der Waals surface area contributed by atoms with Crippen molar-refractivity contribution in [2.24, 2.45) is 5.73 Å². The van der Waals surface area contributed by atoms with Gasteiger partial charge in [0.05, 0.1) is 18.9 Å². The summed E-state index contributed by atoms with van der Waals surface area (Å²) in [6.07, 6.45) is 1.80. The largest absolute Gasteiger partial charge is 0.379 e. The molecule has 0 bridgehead atoms. The summed E-state index contributed by atoms with van der Waals surface area (Å²) in [4.78, 5) is 24.0. The maximum atomic E-state index is 14.3. The molecule has 3 heterocycles. The van der Waals surface area contributed by atoms with Crippen LogP contribution >= 0.6 is 11.3 Å². The van der Waals surface area contributed by atoms with E-state index in [4.69, 9.17) is 15.5 Å². The number of thiazole rings is 1. The molecule has 1 aromatic carbocycles. The summed E-state index contributed by atoms with van der Waals surface area (Å²) < 4.78 is 19.8. The van der Waals surface area contributed by atoms with Crippen LogP contribution in [0.25, 0.3) is 16.8 Å². The van der Waals surface area contributed by atoms with Gasteiger partial charge in [0.15, 0.2) is 5.13 Å². The van der Waals surface area contributed by atoms with Crippen LogP contribution in [0.5, 0.6) is 0 Å². The Bertz CT molecular complexity index is 1160. The lowest BCUT2D eigenvalue weighted by molar-refractivity contribution is -0.112. The fourth-order valence-corrected chi connectivity index (χ4v) is 4.15. The molecule has 9 heteroatoms. The van der Waals surface area contributed by atoms with Crippen molar-refractivity contribution in [2.75, 3.05) is 31.6 Å². The maximum absolute atomic E-state index is 14.3. The van der Waals surface area contributed by atoms with Crippen molar-refractivity contribution in [1.29, 1.82) is 0 Å². The van der Waals surface area contributed by atoms with Crippen molar-refractivity contribution in [3.8, 4) is 11.3 Å². The third kappa shape index (κ3) is 5.18. The number of nitrogens with two attached hydrogens (primary N) is 1. The minimum Gasteiger partial charge on any atom is -0.379 e. The van der Waals surface area contributed by atoms with Gasteiger partial charge < -0.3 is 15.8 Å². The number of aromatic nitrogens is 2. The van der Waals surface area contributed by atoms with Gasteiger partial charge in [-0.3, -0.25) is 9.69 Å². The fraction of sp³-hybridized carbons (Fsp3) is 0.261. The van der Waals surface area contributed by atoms with E-state index in [-0.39, 0.29) is 11.1 Å². The highest BCUT2D eigenvalue weighted by Gasteiger charge is 2.16. The number of carbonyl (C=O) groups is 1. The zero-order valence-electron chi connectivity index (χ0n) is 17.7. The van der Waals surface area contributed by atoms with Gasteiger partial charge in [0.2, 0.25) is 5.91 Å². The van der Waals surface area contributed by atoms with Gasteiger partial charge in [-0.15, -0.1) is 11.3 Å². The number of aryl methyl sites for hydroxylation is 1. The number of carbonyl (C=O) groups excluding carboxylic acids is 1. The Morgan fingerprint density at radius 2 is 2.09 bits per heavy atom. The number of primary amides is 1. The molecule has 166 valence electrons. The highest BCUT2D eigenvalue weighted by atomic mass is 32.1. The lowest BCUT2D eigenvalue weighted by Crippen LogP contribution is -2.35. The number of anilines is 2. The van der Waals surface area contributed by atoms with E-state index in [2.05, 4.69) is 21.8 Å². The van der Waals surface area contributed by atoms with Crippen LogP contribution in [0.3, 0.4) is 0 Å². The molecular formula is C23H24FN5O2S. The quantitative estimate of drug-likeness (QED) is 0.530. The van der Waals surface area contributed by atoms with E-state index in [1.807, 2.05) is 19.1 Å². The minimum atomic E-state index is -0.767. The SMILES string of the molecule is C=C(C(N)=O)c1cc(-c2cc(CN3CCOCC3)cc(Nc3ncc(C)s3)n2)ccc1F. The summed E-state index contributed by atoms with van der Waals surface area (Å²) in [7, 11) is 0. The van der Waals surface area contributed by atoms with Crippen LogP contribution in [-0.2, 0) is 16.1 Å². The summed E-state index contributed by atoms with van der Waals surface area (Å²) in [6.45, 7) is 9.45. The molecule has 1 aliphatic heterocycles. The number of pyridine rings is 1. The monoisotopic (exact) mass is 453 g/mol. The van der Waals surface area contributed by atoms with E-state index in [0.717, 1.165) is 35.2 Å². The number of nitrogens with one attached hydrogen (secondary N) is 1. The zero-order valence-corrected chi connectivity index (χ0v) is 18.5. The van der Waals surface area contributed by atoms with Gasteiger partial charge in [0, 0.05) is 47.4 Å². The van der Waals surface area contributed by atoms with Gasteiger partial charge in [-0.05, 0) is 42.8 Å². The number of nitrogens with zero attached hydrogens (tertiary/aromatic N) is 3. The van der Waals surface area contributed by atoms with Crippen LogP contribution in [0.2, 0.25) is 0 Å². The summed E-state index contributed by atoms with van der Waals surface area (Å²) in [5.41, 5.74) is 7.66. The lowest BCUT2D eigenvalue weighted by atomic mass is 10.0. The van der Waals surface area contributed by atoms with Crippen LogP contribution in [-0.4, -0.2) is 47.1 Å². The summed E-state index contributed by atoms with van der Waals surface area (Å²) in [5.74, 6) is -0.685. The Labute approximate surface area is 189 Å². The van der Waals surface area contributed by atoms with Crippen LogP contribution in [0.1, 0.15) is 16.0 Å². The van der Waals surface area contributed by atoms with Gasteiger partial charge >= 0.3 is 0 Å². The average molecular weight is 454 g/mol. The molecule has 3 N–H and O–H groups in total. The van der Waals surface area contributed by atoms with Crippen LogP contribution < -0.4 is 11.1 Å². The predicted octanol–water partition coefficient (Wildman–Crippen LogP) is 3.73. The molecule has 7 nitrogen and oxygen atoms in total. The second-order valence-electron chi connectivity index (χ2n) is 7.57. The Kier molecular flexibility index (Phi) is 6.59. The Balaban J connectivity index is 1.72. The molecule has 4 rings (SSSR count). The van der Waals surface area contributed by atoms with Gasteiger partial charge in [-0.2, -0.15) is 0 Å². The van der Waals surface area contributed by atoms with E-state index in [0.29, 0.717) is 30.3 Å². The Morgan fingerprint density at radius 1 is 1.31 bits per heavy atom. The molecule has 0 unspecified atom stereocenters. The second-order valence-corrected chi connectivity index (χ2v) is 8.81. The van der Waals surface area contributed by atoms with E-state index in [1.54, 1.807) is 18.3 Å². The van der Waals surface area contributed by atoms with Crippen LogP contribution in [0.15, 0.2) is 43.1 Å². The third-order valence-corrected chi connectivity index (χ3v) is 5.96. The number of hydrogen-bond donors (Lipinski definition) is 2. The van der Waals surface area contributed by atoms with E-state index < -0.39 is 11.7 Å². The molecule has 0 aliphatic carbocycles. The average Bonchev–Trinajstić information content (AvgIpc) is 3.18. The molecule has 0 saturated carbocycles. The molecular weight excluding hydrogens is 429 g/mol. The number of benzene rings is 1. The molecule has 1 aliphatic rings. The van der Waals surface area contributed by atoms with E-state index >= 15 is 0 Å². The molecule has 0 atom stereocenters. The number of amides is 1. The van der Waals surface area contributed by atoms with Gasteiger partial charge in [0.1, 0.15) is 11.6 Å². The zero-order chi connectivity index (χ0) is 22.7. The van der Waals surface area contributed by atoms with E-state index in [1.165, 1.54) is 17.4 Å². The van der Waals surface area contributed by atoms with Gasteiger partial charge in [0.25, 0.3) is 0 Å². The topological polar surface area (TPSA) is 93.4 Å². The molecule has 32 heavy (non-hydrogen) atoms. The number of morpholine rings is 1. The fourth-order valence-electron chi connectivity index (χ4n) is 3.48. The third-order valence-electron chi connectivity index (χ3n) is 5.14. The first-order chi connectivity index (χ1) is 15.4. The number of ether oxygens (including phenoxy) is 1. The maximum Gasteiger partial charge on any atom is 0.248 e. The molecule has 0 radical (unpaired) electrons. The number of hydrogen-bond acceptors (Lipinski definition) is 7. The Hall–Kier alpha value is -3.14. The first-order valence-corrected chi connectivity index (χ1v) is 11.0. The molecule has 0 spiro atoms. The van der Waals surface area contributed by atoms with Crippen molar-refractivity contribution in [3.05, 3.63) is 64.9 Å². The van der Waals surface area contributed by atoms with Crippen LogP contribution in [0.4, 0.5) is 15.3 Å². The summed E-state index contributed by atoms with van der Waals surface area (Å²) >= 11 is 1.54. The molecule has 3 aromatic rings. The summed E-state index contributed by atoms with van der Waals surface area (Å²) in [6, 6.07) is 8.44. The van der Waals surface area contributed by atoms with Crippen molar-refractivity contribution < 1.29 is 13.9 Å². The molecule has 1 fully saturated rings. The highest BCUT2D eigenvalue weighted by Crippen LogP contribution is 2.29. The smallest absolute Gasteiger partial charge is 0.248 e. The molecule has 1 saturated heterocycles. The number of rotatable bonds is 7. The van der Waals surface area contributed by atoms with E-state index in [9.17, 15) is 9.18 Å². The standard InChI is InChI=1S/C23H24FN5O2S/c1-14-12-26-23(32-14)28-21-10-16(13-29-5-7-31-8-6-29)9-20(27-21)17-3-4-19(24)18(11-17)15(2)22(25)30/h3-4,9-12H,2,5-8,13H2,1H3,(H2,25,30)(H,26,27,28). The summed E-state index contributed by atoms with van der Waals surface area (Å²) in [5, 5.41) is 4.01. The first-order valence-electron chi connectivity index (χ1n) is 10.2. The van der Waals surface area contributed by atoms with Crippen molar-refractivity contribution in [2.45, 2.75) is 13.5 Å². The lowest BCUT2D eigenvalue weighted by Gasteiger charge is -2.26. The van der Waals surface area contributed by atoms with Gasteiger partial charge in [-0.25, -0.2) is 14.4 Å². The highest BCUT2D eigenvalue weighted by molar-refractivity contribution is 7.15. The van der Waals surface area contributed by atoms with Crippen molar-refractivity contribution in [1.82, 2.24) is 14.9 Å². The Morgan fingerprint density at radius 3 is 2.78 bits per heavy atom. The van der Waals surface area contributed by atoms with Crippen LogP contribution in [0, 0.1) is 12.7 Å². The molecule has 1 amide bonds. The first kappa shape index (κ1) is 22.1. The predicted molar refractivity (Wildman–Crippen MR) is 124 cm³/mol. The normalized spacial score (nSPS) is 14.3. The van der Waals surface area contributed by atoms with Crippen molar-refractivity contribution in [3.63, 3.8) is 0 Å². The van der Waals surface area contributed by atoms with Gasteiger partial charge in [-0.1, -0.05) is 6.58 Å². The van der Waals surface area contributed by atoms with Crippen molar-refractivity contribution >= 4 is 33.8 Å². The minimum absolute atomic E-state index is 0.0699. The molecule has 2 aromatic heterocycles. The second kappa shape index (κ2) is 9.56. The number of halogens is 1.